The number of rotatable bonds is 5. The summed E-state index contributed by atoms with van der Waals surface area (Å²) in [5.41, 5.74) is 1.73. The van der Waals surface area contributed by atoms with E-state index in [4.69, 9.17) is 0 Å². The molecule has 2 aliphatic heterocycles. The van der Waals surface area contributed by atoms with E-state index in [0.29, 0.717) is 19.5 Å². The van der Waals surface area contributed by atoms with Crippen molar-refractivity contribution in [1.29, 1.82) is 0 Å². The first-order chi connectivity index (χ1) is 14.6. The molecular weight excluding hydrogens is 376 g/mol. The lowest BCUT2D eigenvalue weighted by molar-refractivity contribution is -0.128. The minimum Gasteiger partial charge on any atom is -0.358 e. The lowest BCUT2D eigenvalue weighted by Crippen LogP contribution is -2.56. The molecule has 1 N–H and O–H groups in total. The molecule has 0 aliphatic carbocycles. The largest absolute Gasteiger partial charge is 0.358 e. The van der Waals surface area contributed by atoms with Gasteiger partial charge in [-0.05, 0) is 62.5 Å². The predicted octanol–water partition coefficient (Wildman–Crippen LogP) is 2.60. The SMILES string of the molecule is CNC(=O)[C@@]1(c2ccccn2)CCCN(C(=O)c2ccccc2CN2CCCC2)C1. The number of carbonyl (C=O) groups is 2. The number of nitrogens with zero attached hydrogens (tertiary/aromatic N) is 3. The summed E-state index contributed by atoms with van der Waals surface area (Å²) in [5, 5.41) is 2.81. The Morgan fingerprint density at radius 3 is 2.53 bits per heavy atom. The van der Waals surface area contributed by atoms with E-state index in [1.165, 1.54) is 12.8 Å². The highest BCUT2D eigenvalue weighted by Gasteiger charge is 2.45. The van der Waals surface area contributed by atoms with Gasteiger partial charge in [0.15, 0.2) is 0 Å². The smallest absolute Gasteiger partial charge is 0.254 e. The molecule has 3 heterocycles. The molecule has 0 radical (unpaired) electrons. The van der Waals surface area contributed by atoms with Crippen molar-refractivity contribution in [3.63, 3.8) is 0 Å². The Balaban J connectivity index is 1.61. The van der Waals surface area contributed by atoms with Crippen LogP contribution < -0.4 is 5.32 Å². The number of benzene rings is 1. The van der Waals surface area contributed by atoms with Gasteiger partial charge in [-0.1, -0.05) is 24.3 Å². The number of likely N-dealkylation sites (tertiary alicyclic amines) is 2. The summed E-state index contributed by atoms with van der Waals surface area (Å²) in [4.78, 5) is 35.3. The third-order valence-electron chi connectivity index (χ3n) is 6.44. The van der Waals surface area contributed by atoms with Gasteiger partial charge in [0.25, 0.3) is 5.91 Å². The van der Waals surface area contributed by atoms with Crippen LogP contribution >= 0.6 is 0 Å². The van der Waals surface area contributed by atoms with Crippen LogP contribution in [0, 0.1) is 0 Å². The molecule has 2 aromatic rings. The summed E-state index contributed by atoms with van der Waals surface area (Å²) in [6.45, 7) is 3.98. The monoisotopic (exact) mass is 406 g/mol. The van der Waals surface area contributed by atoms with Gasteiger partial charge in [-0.3, -0.25) is 19.5 Å². The number of hydrogen-bond donors (Lipinski definition) is 1. The van der Waals surface area contributed by atoms with E-state index in [1.807, 2.05) is 41.3 Å². The Kier molecular flexibility index (Phi) is 6.13. The first-order valence-corrected chi connectivity index (χ1v) is 10.9. The molecule has 1 atom stereocenters. The number of nitrogens with one attached hydrogen (secondary N) is 1. The lowest BCUT2D eigenvalue weighted by Gasteiger charge is -2.41. The number of hydrogen-bond acceptors (Lipinski definition) is 4. The summed E-state index contributed by atoms with van der Waals surface area (Å²) in [5.74, 6) is -0.0715. The number of likely N-dealkylation sites (N-methyl/N-ethyl adjacent to an activating group) is 1. The van der Waals surface area contributed by atoms with Crippen LogP contribution in [-0.4, -0.2) is 59.8 Å². The van der Waals surface area contributed by atoms with Gasteiger partial charge in [0.1, 0.15) is 5.41 Å². The van der Waals surface area contributed by atoms with Gasteiger partial charge in [0.05, 0.1) is 5.69 Å². The predicted molar refractivity (Wildman–Crippen MR) is 116 cm³/mol. The first kappa shape index (κ1) is 20.5. The van der Waals surface area contributed by atoms with Crippen molar-refractivity contribution in [2.45, 2.75) is 37.6 Å². The van der Waals surface area contributed by atoms with Crippen LogP contribution in [0.4, 0.5) is 0 Å². The zero-order chi connectivity index (χ0) is 21.0. The van der Waals surface area contributed by atoms with Crippen molar-refractivity contribution in [1.82, 2.24) is 20.1 Å². The van der Waals surface area contributed by atoms with Gasteiger partial charge in [-0.2, -0.15) is 0 Å². The Labute approximate surface area is 178 Å². The van der Waals surface area contributed by atoms with Gasteiger partial charge in [0, 0.05) is 38.4 Å². The van der Waals surface area contributed by atoms with Gasteiger partial charge in [-0.15, -0.1) is 0 Å². The number of pyridine rings is 1. The van der Waals surface area contributed by atoms with Crippen LogP contribution in [0.2, 0.25) is 0 Å². The highest BCUT2D eigenvalue weighted by atomic mass is 16.2. The molecule has 6 nitrogen and oxygen atoms in total. The molecule has 6 heteroatoms. The molecule has 2 aliphatic rings. The number of carbonyl (C=O) groups excluding carboxylic acids is 2. The minimum atomic E-state index is -0.812. The van der Waals surface area contributed by atoms with Crippen LogP contribution in [0.15, 0.2) is 48.7 Å². The molecule has 2 saturated heterocycles. The van der Waals surface area contributed by atoms with Crippen molar-refractivity contribution in [3.05, 3.63) is 65.5 Å². The van der Waals surface area contributed by atoms with E-state index < -0.39 is 5.41 Å². The Hall–Kier alpha value is -2.73. The summed E-state index contributed by atoms with van der Waals surface area (Å²) < 4.78 is 0. The second-order valence-corrected chi connectivity index (χ2v) is 8.35. The van der Waals surface area contributed by atoms with Crippen molar-refractivity contribution in [2.24, 2.45) is 0 Å². The van der Waals surface area contributed by atoms with E-state index in [0.717, 1.165) is 42.9 Å². The fourth-order valence-corrected chi connectivity index (χ4v) is 4.84. The van der Waals surface area contributed by atoms with Crippen molar-refractivity contribution in [3.8, 4) is 0 Å². The van der Waals surface area contributed by atoms with E-state index >= 15 is 0 Å². The van der Waals surface area contributed by atoms with Crippen molar-refractivity contribution >= 4 is 11.8 Å². The van der Waals surface area contributed by atoms with E-state index in [9.17, 15) is 9.59 Å². The average Bonchev–Trinajstić information content (AvgIpc) is 3.32. The van der Waals surface area contributed by atoms with Crippen LogP contribution in [0.25, 0.3) is 0 Å². The maximum absolute atomic E-state index is 13.6. The Bertz CT molecular complexity index is 895. The molecule has 2 fully saturated rings. The van der Waals surface area contributed by atoms with Gasteiger partial charge in [0.2, 0.25) is 5.91 Å². The van der Waals surface area contributed by atoms with Gasteiger partial charge < -0.3 is 10.2 Å². The molecule has 30 heavy (non-hydrogen) atoms. The molecule has 0 bridgehead atoms. The highest BCUT2D eigenvalue weighted by molar-refractivity contribution is 5.97. The van der Waals surface area contributed by atoms with E-state index in [2.05, 4.69) is 21.3 Å². The summed E-state index contributed by atoms with van der Waals surface area (Å²) in [7, 11) is 1.65. The fraction of sp³-hybridized carbons (Fsp3) is 0.458. The summed E-state index contributed by atoms with van der Waals surface area (Å²) >= 11 is 0. The Morgan fingerprint density at radius 2 is 1.80 bits per heavy atom. The maximum Gasteiger partial charge on any atom is 0.254 e. The molecule has 158 valence electrons. The molecule has 1 aromatic heterocycles. The van der Waals surface area contributed by atoms with Crippen LogP contribution in [0.5, 0.6) is 0 Å². The molecular formula is C24H30N4O2. The Morgan fingerprint density at radius 1 is 1.03 bits per heavy atom. The van der Waals surface area contributed by atoms with Gasteiger partial charge >= 0.3 is 0 Å². The third-order valence-corrected chi connectivity index (χ3v) is 6.44. The molecule has 2 amide bonds. The van der Waals surface area contributed by atoms with Crippen LogP contribution in [0.3, 0.4) is 0 Å². The zero-order valence-corrected chi connectivity index (χ0v) is 17.6. The topological polar surface area (TPSA) is 65.5 Å². The quantitative estimate of drug-likeness (QED) is 0.829. The highest BCUT2D eigenvalue weighted by Crippen LogP contribution is 2.34. The van der Waals surface area contributed by atoms with Gasteiger partial charge in [-0.25, -0.2) is 0 Å². The van der Waals surface area contributed by atoms with Crippen molar-refractivity contribution < 1.29 is 9.59 Å². The number of aromatic nitrogens is 1. The second-order valence-electron chi connectivity index (χ2n) is 8.35. The third kappa shape index (κ3) is 3.97. The van der Waals surface area contributed by atoms with E-state index in [1.54, 1.807) is 13.2 Å². The number of piperidine rings is 1. The maximum atomic E-state index is 13.6. The normalized spacial score (nSPS) is 22.1. The average molecular weight is 407 g/mol. The number of amides is 2. The molecule has 4 rings (SSSR count). The first-order valence-electron chi connectivity index (χ1n) is 10.9. The van der Waals surface area contributed by atoms with Crippen LogP contribution in [0.1, 0.15) is 47.3 Å². The molecule has 0 saturated carbocycles. The van der Waals surface area contributed by atoms with Crippen LogP contribution in [-0.2, 0) is 16.8 Å². The summed E-state index contributed by atoms with van der Waals surface area (Å²) in [6.07, 6.45) is 5.61. The van der Waals surface area contributed by atoms with E-state index in [-0.39, 0.29) is 11.8 Å². The standard InChI is InChI=1S/C24H30N4O2/c1-25-23(30)24(21-11-4-5-13-26-21)12-8-16-28(18-24)22(29)20-10-3-2-9-19(20)17-27-14-6-7-15-27/h2-5,9-11,13H,6-8,12,14-18H2,1H3,(H,25,30)/t24-/m0/s1. The molecule has 0 unspecified atom stereocenters. The second kappa shape index (κ2) is 8.96. The minimum absolute atomic E-state index is 0.00806. The zero-order valence-electron chi connectivity index (χ0n) is 17.6. The molecule has 0 spiro atoms. The summed E-state index contributed by atoms with van der Waals surface area (Å²) in [6, 6.07) is 13.5. The van der Waals surface area contributed by atoms with Crippen molar-refractivity contribution in [2.75, 3.05) is 33.2 Å². The lowest BCUT2D eigenvalue weighted by atomic mass is 9.75. The molecule has 1 aromatic carbocycles. The fourth-order valence-electron chi connectivity index (χ4n) is 4.84.